The van der Waals surface area contributed by atoms with E-state index in [-0.39, 0.29) is 0 Å². The molecule has 2 aromatic carbocycles. The molecule has 0 saturated heterocycles. The molecule has 0 amide bonds. The van der Waals surface area contributed by atoms with Crippen LogP contribution in [-0.2, 0) is 4.74 Å². The van der Waals surface area contributed by atoms with Crippen LogP contribution in [0.25, 0.3) is 26.7 Å². The van der Waals surface area contributed by atoms with Crippen molar-refractivity contribution in [3.8, 4) is 11.1 Å². The molecule has 1 aromatic heterocycles. The highest BCUT2D eigenvalue weighted by Crippen LogP contribution is 2.40. The van der Waals surface area contributed by atoms with Gasteiger partial charge in [-0.1, -0.05) is 29.8 Å². The topological polar surface area (TPSA) is 43.5 Å². The Balaban J connectivity index is 2.40. The normalized spacial score (nSPS) is 10.3. The molecular formula is C18H11ClN2O2. The van der Waals surface area contributed by atoms with Crippen LogP contribution in [0.2, 0.25) is 5.02 Å². The van der Waals surface area contributed by atoms with E-state index in [2.05, 4.69) is 9.83 Å². The first-order valence-corrected chi connectivity index (χ1v) is 7.16. The van der Waals surface area contributed by atoms with Gasteiger partial charge in [-0.15, -0.1) is 0 Å². The Morgan fingerprint density at radius 1 is 1.26 bits per heavy atom. The number of pyridine rings is 1. The zero-order valence-electron chi connectivity index (χ0n) is 12.2. The van der Waals surface area contributed by atoms with Crippen LogP contribution in [0, 0.1) is 6.57 Å². The molecule has 112 valence electrons. The van der Waals surface area contributed by atoms with Crippen LogP contribution < -0.4 is 0 Å². The molecule has 0 radical (unpaired) electrons. The van der Waals surface area contributed by atoms with Gasteiger partial charge in [0.1, 0.15) is 0 Å². The lowest BCUT2D eigenvalue weighted by Crippen LogP contribution is -2.00. The molecule has 0 fully saturated rings. The average Bonchev–Trinajstić information content (AvgIpc) is 2.60. The predicted octanol–water partition coefficient (Wildman–Crippen LogP) is 4.89. The second kappa shape index (κ2) is 6.07. The maximum atomic E-state index is 11.8. The largest absolute Gasteiger partial charge is 0.465 e. The van der Waals surface area contributed by atoms with E-state index < -0.39 is 5.97 Å². The first-order valence-electron chi connectivity index (χ1n) is 6.78. The SMILES string of the molecule is [C-]#[N+]c1ccc2ccc(C(=O)OC)cc2c1-c1ccncc1Cl. The van der Waals surface area contributed by atoms with Gasteiger partial charge in [0, 0.05) is 12.4 Å². The van der Waals surface area contributed by atoms with Crippen LogP contribution in [-0.4, -0.2) is 18.1 Å². The average molecular weight is 323 g/mol. The van der Waals surface area contributed by atoms with E-state index in [0.29, 0.717) is 27.4 Å². The van der Waals surface area contributed by atoms with Crippen LogP contribution in [0.5, 0.6) is 0 Å². The zero-order valence-corrected chi connectivity index (χ0v) is 13.0. The number of aromatic nitrogens is 1. The van der Waals surface area contributed by atoms with Crippen LogP contribution in [0.15, 0.2) is 48.8 Å². The summed E-state index contributed by atoms with van der Waals surface area (Å²) in [5.74, 6) is -0.424. The molecular weight excluding hydrogens is 312 g/mol. The van der Waals surface area contributed by atoms with Gasteiger partial charge >= 0.3 is 5.97 Å². The van der Waals surface area contributed by atoms with Crippen molar-refractivity contribution in [1.82, 2.24) is 4.98 Å². The Morgan fingerprint density at radius 3 is 2.74 bits per heavy atom. The number of ether oxygens (including phenoxy) is 1. The number of nitrogens with zero attached hydrogens (tertiary/aromatic N) is 2. The lowest BCUT2D eigenvalue weighted by molar-refractivity contribution is 0.0601. The Morgan fingerprint density at radius 2 is 2.04 bits per heavy atom. The third-order valence-corrected chi connectivity index (χ3v) is 3.88. The Bertz CT molecular complexity index is 961. The van der Waals surface area contributed by atoms with Crippen molar-refractivity contribution in [2.24, 2.45) is 0 Å². The Kier molecular flexibility index (Phi) is 3.96. The van der Waals surface area contributed by atoms with Crippen molar-refractivity contribution >= 4 is 34.0 Å². The third kappa shape index (κ3) is 2.63. The van der Waals surface area contributed by atoms with Gasteiger partial charge in [0.05, 0.1) is 24.3 Å². The summed E-state index contributed by atoms with van der Waals surface area (Å²) in [6.07, 6.45) is 3.16. The summed E-state index contributed by atoms with van der Waals surface area (Å²) in [5.41, 5.74) is 2.29. The van der Waals surface area contributed by atoms with Gasteiger partial charge in [-0.05, 0) is 40.1 Å². The van der Waals surface area contributed by atoms with Crippen molar-refractivity contribution in [3.63, 3.8) is 0 Å². The van der Waals surface area contributed by atoms with Crippen LogP contribution in [0.1, 0.15) is 10.4 Å². The number of esters is 1. The maximum Gasteiger partial charge on any atom is 0.337 e. The van der Waals surface area contributed by atoms with E-state index in [4.69, 9.17) is 22.9 Å². The fourth-order valence-electron chi connectivity index (χ4n) is 2.51. The zero-order chi connectivity index (χ0) is 16.4. The monoisotopic (exact) mass is 322 g/mol. The fourth-order valence-corrected chi connectivity index (χ4v) is 2.72. The molecule has 0 atom stereocenters. The van der Waals surface area contributed by atoms with Gasteiger partial charge in [0.15, 0.2) is 5.69 Å². The number of hydrogen-bond acceptors (Lipinski definition) is 3. The quantitative estimate of drug-likeness (QED) is 0.498. The number of carbonyl (C=O) groups is 1. The molecule has 0 bridgehead atoms. The van der Waals surface area contributed by atoms with Gasteiger partial charge in [0.2, 0.25) is 0 Å². The van der Waals surface area contributed by atoms with Crippen molar-refractivity contribution in [3.05, 3.63) is 70.8 Å². The first kappa shape index (κ1) is 15.0. The summed E-state index contributed by atoms with van der Waals surface area (Å²) < 4.78 is 4.78. The number of hydrogen-bond donors (Lipinski definition) is 0. The summed E-state index contributed by atoms with van der Waals surface area (Å²) in [5, 5.41) is 2.14. The lowest BCUT2D eigenvalue weighted by atomic mass is 9.95. The van der Waals surface area contributed by atoms with Gasteiger partial charge in [0.25, 0.3) is 0 Å². The molecule has 0 spiro atoms. The molecule has 23 heavy (non-hydrogen) atoms. The third-order valence-electron chi connectivity index (χ3n) is 3.58. The summed E-state index contributed by atoms with van der Waals surface area (Å²) in [6, 6.07) is 10.6. The van der Waals surface area contributed by atoms with Crippen molar-refractivity contribution in [1.29, 1.82) is 0 Å². The second-order valence-corrected chi connectivity index (χ2v) is 5.26. The highest BCUT2D eigenvalue weighted by atomic mass is 35.5. The number of carbonyl (C=O) groups excluding carboxylic acids is 1. The van der Waals surface area contributed by atoms with E-state index in [9.17, 15) is 4.79 Å². The van der Waals surface area contributed by atoms with E-state index in [1.54, 1.807) is 30.5 Å². The van der Waals surface area contributed by atoms with E-state index in [0.717, 1.165) is 10.8 Å². The van der Waals surface area contributed by atoms with E-state index in [1.165, 1.54) is 13.3 Å². The minimum Gasteiger partial charge on any atom is -0.465 e. The van der Waals surface area contributed by atoms with E-state index >= 15 is 0 Å². The van der Waals surface area contributed by atoms with Gasteiger partial charge < -0.3 is 4.74 Å². The van der Waals surface area contributed by atoms with Crippen molar-refractivity contribution in [2.75, 3.05) is 7.11 Å². The van der Waals surface area contributed by atoms with E-state index in [1.807, 2.05) is 12.1 Å². The summed E-state index contributed by atoms with van der Waals surface area (Å²) in [6.45, 7) is 7.43. The van der Waals surface area contributed by atoms with Crippen LogP contribution in [0.3, 0.4) is 0 Å². The maximum absolute atomic E-state index is 11.8. The molecule has 0 N–H and O–H groups in total. The summed E-state index contributed by atoms with van der Waals surface area (Å²) >= 11 is 6.26. The van der Waals surface area contributed by atoms with Crippen LogP contribution >= 0.6 is 11.6 Å². The molecule has 0 saturated carbocycles. The highest BCUT2D eigenvalue weighted by Gasteiger charge is 2.15. The molecule has 4 nitrogen and oxygen atoms in total. The van der Waals surface area contributed by atoms with Gasteiger partial charge in [-0.25, -0.2) is 9.64 Å². The standard InChI is InChI=1S/C18H11ClN2O2/c1-20-16-6-5-11-3-4-12(18(22)23-2)9-14(11)17(16)13-7-8-21-10-15(13)19/h3-10H,2H3. The minimum atomic E-state index is -0.424. The first-order chi connectivity index (χ1) is 11.2. The lowest BCUT2D eigenvalue weighted by Gasteiger charge is -2.12. The summed E-state index contributed by atoms with van der Waals surface area (Å²) in [4.78, 5) is 19.4. The number of benzene rings is 2. The molecule has 0 aliphatic rings. The second-order valence-electron chi connectivity index (χ2n) is 4.85. The molecule has 0 aliphatic carbocycles. The van der Waals surface area contributed by atoms with Crippen molar-refractivity contribution < 1.29 is 9.53 Å². The van der Waals surface area contributed by atoms with Gasteiger partial charge in [-0.2, -0.15) is 0 Å². The van der Waals surface area contributed by atoms with Crippen molar-refractivity contribution in [2.45, 2.75) is 0 Å². The summed E-state index contributed by atoms with van der Waals surface area (Å²) in [7, 11) is 1.34. The highest BCUT2D eigenvalue weighted by molar-refractivity contribution is 6.34. The van der Waals surface area contributed by atoms with Gasteiger partial charge in [-0.3, -0.25) is 4.98 Å². The molecule has 1 heterocycles. The number of fused-ring (bicyclic) bond motifs is 1. The van der Waals surface area contributed by atoms with Crippen LogP contribution in [0.4, 0.5) is 5.69 Å². The molecule has 3 rings (SSSR count). The molecule has 0 unspecified atom stereocenters. The Labute approximate surface area is 138 Å². The minimum absolute atomic E-state index is 0.424. The Hall–Kier alpha value is -2.90. The number of rotatable bonds is 2. The molecule has 0 aliphatic heterocycles. The predicted molar refractivity (Wildman–Crippen MR) is 89.8 cm³/mol. The number of methoxy groups -OCH3 is 1. The number of halogens is 1. The smallest absolute Gasteiger partial charge is 0.337 e. The fraction of sp³-hybridized carbons (Fsp3) is 0.0556. The molecule has 5 heteroatoms. The molecule has 3 aromatic rings.